The molecular weight excluding hydrogens is 724 g/mol. The molecule has 3 aromatic carbocycles. The predicted molar refractivity (Wildman–Crippen MR) is 192 cm³/mol. The normalized spacial score (nSPS) is 16.5. The second-order valence-electron chi connectivity index (χ2n) is 13.1. The van der Waals surface area contributed by atoms with Crippen molar-refractivity contribution < 1.29 is 40.9 Å². The molecule has 1 saturated heterocycles. The van der Waals surface area contributed by atoms with Crippen LogP contribution in [0.2, 0.25) is 5.02 Å². The summed E-state index contributed by atoms with van der Waals surface area (Å²) in [5.41, 5.74) is 0.697. The van der Waals surface area contributed by atoms with Crippen LogP contribution in [-0.2, 0) is 21.3 Å². The third-order valence-electron chi connectivity index (χ3n) is 8.32. The molecule has 1 aliphatic rings. The van der Waals surface area contributed by atoms with Gasteiger partial charge in [-0.2, -0.15) is 0 Å². The van der Waals surface area contributed by atoms with Crippen molar-refractivity contribution >= 4 is 44.2 Å². The lowest BCUT2D eigenvalue weighted by Gasteiger charge is -2.39. The fraction of sp³-hybridized carbons (Fsp3) is 0.389. The summed E-state index contributed by atoms with van der Waals surface area (Å²) in [5.74, 6) is -2.37. The first kappa shape index (κ1) is 38.1. The lowest BCUT2D eigenvalue weighted by Crippen LogP contribution is -2.46. The standard InChI is InChI=1S/C36H40ClF2N3O7S2/c1-22-18-40-34(50-22)42(20-24-9-12-27(46-5)15-31(24)47-6)51(44,45)33-17-29(38)32(16-30(33)39)48-21-25-19-41(35(43)49-36(2,3)4)14-13-28(25)23-7-10-26(37)11-8-23/h7-12,15-18,25,28H,13-14,19-21H2,1-6H3/t25-,28?/m0/s1. The molecule has 5 rings (SSSR count). The van der Waals surface area contributed by atoms with Crippen LogP contribution in [0.3, 0.4) is 0 Å². The van der Waals surface area contributed by atoms with Crippen molar-refractivity contribution in [2.75, 3.05) is 38.2 Å². The highest BCUT2D eigenvalue weighted by Gasteiger charge is 2.36. The average molecular weight is 764 g/mol. The number of rotatable bonds is 11. The van der Waals surface area contributed by atoms with Gasteiger partial charge in [-0.25, -0.2) is 31.3 Å². The number of methoxy groups -OCH3 is 2. The molecule has 2 heterocycles. The van der Waals surface area contributed by atoms with Crippen LogP contribution in [-0.4, -0.2) is 63.9 Å². The van der Waals surface area contributed by atoms with E-state index in [4.69, 9.17) is 30.5 Å². The molecular formula is C36H40ClF2N3O7S2. The van der Waals surface area contributed by atoms with Crippen LogP contribution in [0, 0.1) is 24.5 Å². The Labute approximate surface area is 305 Å². The Balaban J connectivity index is 1.42. The number of hydrogen-bond donors (Lipinski definition) is 0. The minimum absolute atomic E-state index is 0.0607. The van der Waals surface area contributed by atoms with Crippen molar-refractivity contribution in [2.45, 2.75) is 57.1 Å². The molecule has 1 amide bonds. The smallest absolute Gasteiger partial charge is 0.410 e. The average Bonchev–Trinajstić information content (AvgIpc) is 3.52. The summed E-state index contributed by atoms with van der Waals surface area (Å²) < 4.78 is 82.9. The molecule has 0 bridgehead atoms. The molecule has 274 valence electrons. The number of aryl methyl sites for hydroxylation is 1. The van der Waals surface area contributed by atoms with Crippen LogP contribution in [0.4, 0.5) is 18.7 Å². The second kappa shape index (κ2) is 15.6. The number of piperidine rings is 1. The molecule has 0 radical (unpaired) electrons. The van der Waals surface area contributed by atoms with Crippen molar-refractivity contribution in [2.24, 2.45) is 5.92 Å². The number of aromatic nitrogens is 1. The molecule has 15 heteroatoms. The number of sulfonamides is 1. The van der Waals surface area contributed by atoms with Crippen molar-refractivity contribution in [3.63, 3.8) is 0 Å². The van der Waals surface area contributed by atoms with Gasteiger partial charge in [0.2, 0.25) is 0 Å². The van der Waals surface area contributed by atoms with Gasteiger partial charge in [0.05, 0.1) is 27.4 Å². The number of nitrogens with zero attached hydrogens (tertiary/aromatic N) is 3. The molecule has 0 saturated carbocycles. The maximum Gasteiger partial charge on any atom is 0.410 e. The fourth-order valence-electron chi connectivity index (χ4n) is 5.83. The number of anilines is 1. The summed E-state index contributed by atoms with van der Waals surface area (Å²) in [4.78, 5) is 18.6. The zero-order valence-electron chi connectivity index (χ0n) is 29.1. The van der Waals surface area contributed by atoms with Crippen LogP contribution in [0.15, 0.2) is 65.7 Å². The van der Waals surface area contributed by atoms with Crippen molar-refractivity contribution in [3.05, 3.63) is 93.5 Å². The minimum Gasteiger partial charge on any atom is -0.497 e. The fourth-order valence-corrected chi connectivity index (χ4v) is 8.38. The van der Waals surface area contributed by atoms with Gasteiger partial charge in [-0.1, -0.05) is 23.7 Å². The molecule has 1 fully saturated rings. The van der Waals surface area contributed by atoms with Gasteiger partial charge in [-0.15, -0.1) is 11.3 Å². The van der Waals surface area contributed by atoms with Crippen molar-refractivity contribution in [1.82, 2.24) is 9.88 Å². The summed E-state index contributed by atoms with van der Waals surface area (Å²) in [7, 11) is -1.79. The van der Waals surface area contributed by atoms with E-state index in [1.807, 2.05) is 12.1 Å². The van der Waals surface area contributed by atoms with Gasteiger partial charge >= 0.3 is 6.09 Å². The van der Waals surface area contributed by atoms with Gasteiger partial charge in [0.25, 0.3) is 10.0 Å². The molecule has 0 aliphatic carbocycles. The molecule has 2 atom stereocenters. The van der Waals surface area contributed by atoms with E-state index < -0.39 is 44.0 Å². The largest absolute Gasteiger partial charge is 0.497 e. The maximum absolute atomic E-state index is 15.9. The van der Waals surface area contributed by atoms with Crippen LogP contribution >= 0.6 is 22.9 Å². The van der Waals surface area contributed by atoms with E-state index in [2.05, 4.69) is 4.98 Å². The Hall–Kier alpha value is -4.14. The van der Waals surface area contributed by atoms with Crippen LogP contribution in [0.1, 0.15) is 49.1 Å². The monoisotopic (exact) mass is 763 g/mol. The summed E-state index contributed by atoms with van der Waals surface area (Å²) in [6.45, 7) is 7.35. The van der Waals surface area contributed by atoms with Crippen molar-refractivity contribution in [3.8, 4) is 17.2 Å². The number of benzene rings is 3. The summed E-state index contributed by atoms with van der Waals surface area (Å²) in [6.07, 6.45) is 1.57. The van der Waals surface area contributed by atoms with Gasteiger partial charge in [0.1, 0.15) is 27.8 Å². The first-order valence-electron chi connectivity index (χ1n) is 16.1. The van der Waals surface area contributed by atoms with E-state index in [1.165, 1.54) is 20.4 Å². The lowest BCUT2D eigenvalue weighted by atomic mass is 9.81. The molecule has 10 nitrogen and oxygen atoms in total. The maximum atomic E-state index is 15.9. The first-order chi connectivity index (χ1) is 24.1. The predicted octanol–water partition coefficient (Wildman–Crippen LogP) is 8.22. The zero-order valence-corrected chi connectivity index (χ0v) is 31.5. The minimum atomic E-state index is -4.71. The van der Waals surface area contributed by atoms with E-state index in [9.17, 15) is 13.2 Å². The van der Waals surface area contributed by atoms with Crippen LogP contribution < -0.4 is 18.5 Å². The van der Waals surface area contributed by atoms with Crippen LogP contribution in [0.5, 0.6) is 17.2 Å². The quantitative estimate of drug-likeness (QED) is 0.151. The summed E-state index contributed by atoms with van der Waals surface area (Å²) in [5, 5.41) is 0.627. The third-order valence-corrected chi connectivity index (χ3v) is 11.4. The summed E-state index contributed by atoms with van der Waals surface area (Å²) >= 11 is 7.21. The SMILES string of the molecule is COc1ccc(CN(c2ncc(C)s2)S(=O)(=O)c2cc(F)c(OC[C@@H]3CN(C(=O)OC(C)(C)C)CCC3c3ccc(Cl)cc3)cc2F)c(OC)c1. The molecule has 1 unspecified atom stereocenters. The Morgan fingerprint density at radius 3 is 2.39 bits per heavy atom. The number of thiazole rings is 1. The van der Waals surface area contributed by atoms with Crippen LogP contribution in [0.25, 0.3) is 0 Å². The number of ether oxygens (including phenoxy) is 4. The number of carbonyl (C=O) groups is 1. The topological polar surface area (TPSA) is 108 Å². The second-order valence-corrected chi connectivity index (χ2v) is 16.6. The Kier molecular flexibility index (Phi) is 11.7. The number of amides is 1. The van der Waals surface area contributed by atoms with Crippen molar-refractivity contribution in [1.29, 1.82) is 0 Å². The number of likely N-dealkylation sites (tertiary alicyclic amines) is 1. The number of carbonyl (C=O) groups excluding carboxylic acids is 1. The molecule has 1 aliphatic heterocycles. The van der Waals surface area contributed by atoms with E-state index in [1.54, 1.807) is 62.9 Å². The summed E-state index contributed by atoms with van der Waals surface area (Å²) in [6, 6.07) is 13.5. The molecule has 0 spiro atoms. The highest BCUT2D eigenvalue weighted by Crippen LogP contribution is 2.37. The number of hydrogen-bond acceptors (Lipinski definition) is 9. The Morgan fingerprint density at radius 2 is 1.76 bits per heavy atom. The van der Waals surface area contributed by atoms with E-state index >= 15 is 8.78 Å². The van der Waals surface area contributed by atoms with Gasteiger partial charge in [-0.05, 0) is 69.9 Å². The van der Waals surface area contributed by atoms with Gasteiger partial charge in [-0.3, -0.25) is 0 Å². The Morgan fingerprint density at radius 1 is 1.04 bits per heavy atom. The van der Waals surface area contributed by atoms with Gasteiger partial charge in [0, 0.05) is 58.9 Å². The molecule has 51 heavy (non-hydrogen) atoms. The molecule has 1 aromatic heterocycles. The van der Waals surface area contributed by atoms with Gasteiger partial charge in [0.15, 0.2) is 16.7 Å². The zero-order chi connectivity index (χ0) is 37.1. The molecule has 0 N–H and O–H groups in total. The first-order valence-corrected chi connectivity index (χ1v) is 18.7. The molecule has 4 aromatic rings. The van der Waals surface area contributed by atoms with E-state index in [0.29, 0.717) is 46.0 Å². The van der Waals surface area contributed by atoms with E-state index in [-0.39, 0.29) is 36.7 Å². The highest BCUT2D eigenvalue weighted by molar-refractivity contribution is 7.93. The van der Waals surface area contributed by atoms with E-state index in [0.717, 1.165) is 27.3 Å². The van der Waals surface area contributed by atoms with Gasteiger partial charge < -0.3 is 23.8 Å². The lowest BCUT2D eigenvalue weighted by molar-refractivity contribution is 0.0110. The highest BCUT2D eigenvalue weighted by atomic mass is 35.5. The number of halogens is 3. The third kappa shape index (κ3) is 9.03. The Bertz CT molecular complexity index is 1970.